The molecule has 0 aliphatic carbocycles. The third kappa shape index (κ3) is 3.83. The summed E-state index contributed by atoms with van der Waals surface area (Å²) in [6.07, 6.45) is 3.63. The fourth-order valence-electron chi connectivity index (χ4n) is 3.61. The molecule has 0 bridgehead atoms. The normalized spacial score (nSPS) is 13.1. The molecule has 1 aliphatic rings. The predicted octanol–water partition coefficient (Wildman–Crippen LogP) is 4.36. The van der Waals surface area contributed by atoms with E-state index < -0.39 is 0 Å². The van der Waals surface area contributed by atoms with Gasteiger partial charge in [0.1, 0.15) is 0 Å². The number of rotatable bonds is 4. The molecule has 142 valence electrons. The van der Waals surface area contributed by atoms with Crippen LogP contribution in [0.4, 0.5) is 11.4 Å². The number of carbonyl (C=O) groups is 2. The number of benzene rings is 2. The van der Waals surface area contributed by atoms with Gasteiger partial charge in [0.2, 0.25) is 5.91 Å². The molecule has 1 aromatic heterocycles. The number of fused-ring (bicyclic) bond motifs is 1. The SMILES string of the molecule is Cc1cccc(CC(=O)Nc2ccc3c(c2)N(C(=O)c2ccco2)CCC3)c1. The Hall–Kier alpha value is -3.34. The molecule has 2 aromatic carbocycles. The summed E-state index contributed by atoms with van der Waals surface area (Å²) in [5.41, 5.74) is 4.73. The monoisotopic (exact) mass is 374 g/mol. The van der Waals surface area contributed by atoms with Crippen LogP contribution in [0.2, 0.25) is 0 Å². The number of nitrogens with zero attached hydrogens (tertiary/aromatic N) is 1. The van der Waals surface area contributed by atoms with Crippen LogP contribution in [0, 0.1) is 6.92 Å². The van der Waals surface area contributed by atoms with Crippen molar-refractivity contribution in [3.63, 3.8) is 0 Å². The molecule has 3 aromatic rings. The van der Waals surface area contributed by atoms with Gasteiger partial charge >= 0.3 is 0 Å². The number of amides is 2. The summed E-state index contributed by atoms with van der Waals surface area (Å²) < 4.78 is 5.27. The third-order valence-corrected chi connectivity index (χ3v) is 4.91. The molecule has 1 N–H and O–H groups in total. The highest BCUT2D eigenvalue weighted by molar-refractivity contribution is 6.05. The van der Waals surface area contributed by atoms with Crippen LogP contribution in [0.25, 0.3) is 0 Å². The zero-order valence-electron chi connectivity index (χ0n) is 15.8. The molecule has 0 saturated heterocycles. The highest BCUT2D eigenvalue weighted by Gasteiger charge is 2.25. The fourth-order valence-corrected chi connectivity index (χ4v) is 3.61. The van der Waals surface area contributed by atoms with E-state index >= 15 is 0 Å². The van der Waals surface area contributed by atoms with Crippen molar-refractivity contribution in [1.82, 2.24) is 0 Å². The van der Waals surface area contributed by atoms with Gasteiger partial charge in [-0.3, -0.25) is 9.59 Å². The van der Waals surface area contributed by atoms with Crippen LogP contribution in [-0.4, -0.2) is 18.4 Å². The Balaban J connectivity index is 1.53. The summed E-state index contributed by atoms with van der Waals surface area (Å²) in [5.74, 6) is 0.0844. The third-order valence-electron chi connectivity index (χ3n) is 4.91. The Bertz CT molecular complexity index is 1010. The van der Waals surface area contributed by atoms with E-state index in [1.807, 2.05) is 49.4 Å². The lowest BCUT2D eigenvalue weighted by Gasteiger charge is -2.29. The van der Waals surface area contributed by atoms with Crippen LogP contribution >= 0.6 is 0 Å². The number of nitrogens with one attached hydrogen (secondary N) is 1. The van der Waals surface area contributed by atoms with E-state index in [9.17, 15) is 9.59 Å². The minimum atomic E-state index is -0.158. The number of hydrogen-bond acceptors (Lipinski definition) is 3. The first kappa shape index (κ1) is 18.0. The Kier molecular flexibility index (Phi) is 4.98. The van der Waals surface area contributed by atoms with Gasteiger partial charge in [-0.05, 0) is 55.2 Å². The largest absolute Gasteiger partial charge is 0.459 e. The van der Waals surface area contributed by atoms with Crippen LogP contribution in [0.3, 0.4) is 0 Å². The molecule has 0 saturated carbocycles. The van der Waals surface area contributed by atoms with Crippen molar-refractivity contribution in [1.29, 1.82) is 0 Å². The lowest BCUT2D eigenvalue weighted by atomic mass is 10.0. The maximum Gasteiger partial charge on any atom is 0.293 e. The molecule has 0 atom stereocenters. The lowest BCUT2D eigenvalue weighted by molar-refractivity contribution is -0.115. The standard InChI is InChI=1S/C23H22N2O3/c1-16-5-2-6-17(13-16)14-22(26)24-19-10-9-18-7-3-11-25(20(18)15-19)23(27)21-8-4-12-28-21/h2,4-6,8-10,12-13,15H,3,7,11,14H2,1H3,(H,24,26). The molecule has 5 nitrogen and oxygen atoms in total. The molecular weight excluding hydrogens is 352 g/mol. The molecule has 0 unspecified atom stereocenters. The van der Waals surface area contributed by atoms with Gasteiger partial charge in [0.05, 0.1) is 12.7 Å². The Labute approximate surface area is 164 Å². The summed E-state index contributed by atoms with van der Waals surface area (Å²) in [6.45, 7) is 2.64. The zero-order chi connectivity index (χ0) is 19.5. The second-order valence-corrected chi connectivity index (χ2v) is 7.10. The van der Waals surface area contributed by atoms with Gasteiger partial charge < -0.3 is 14.6 Å². The zero-order valence-corrected chi connectivity index (χ0v) is 15.8. The van der Waals surface area contributed by atoms with Gasteiger partial charge in [-0.1, -0.05) is 35.9 Å². The molecule has 0 spiro atoms. The van der Waals surface area contributed by atoms with Gasteiger partial charge in [0, 0.05) is 17.9 Å². The minimum Gasteiger partial charge on any atom is -0.459 e. The highest BCUT2D eigenvalue weighted by atomic mass is 16.3. The Morgan fingerprint density at radius 2 is 2.00 bits per heavy atom. The topological polar surface area (TPSA) is 62.6 Å². The molecular formula is C23H22N2O3. The first-order chi connectivity index (χ1) is 13.6. The van der Waals surface area contributed by atoms with E-state index in [1.54, 1.807) is 17.0 Å². The van der Waals surface area contributed by atoms with Crippen LogP contribution in [0.5, 0.6) is 0 Å². The van der Waals surface area contributed by atoms with E-state index in [-0.39, 0.29) is 11.8 Å². The van der Waals surface area contributed by atoms with Crippen LogP contribution < -0.4 is 10.2 Å². The fraction of sp³-hybridized carbons (Fsp3) is 0.217. The maximum atomic E-state index is 12.8. The van der Waals surface area contributed by atoms with E-state index in [4.69, 9.17) is 4.42 Å². The molecule has 2 heterocycles. The Morgan fingerprint density at radius 1 is 1.11 bits per heavy atom. The number of anilines is 2. The predicted molar refractivity (Wildman–Crippen MR) is 109 cm³/mol. The van der Waals surface area contributed by atoms with Crippen LogP contribution in [-0.2, 0) is 17.6 Å². The van der Waals surface area contributed by atoms with Gasteiger partial charge in [-0.15, -0.1) is 0 Å². The minimum absolute atomic E-state index is 0.0785. The summed E-state index contributed by atoms with van der Waals surface area (Å²) in [5, 5.41) is 2.95. The van der Waals surface area contributed by atoms with E-state index in [0.29, 0.717) is 24.4 Å². The first-order valence-corrected chi connectivity index (χ1v) is 9.44. The van der Waals surface area contributed by atoms with E-state index in [2.05, 4.69) is 5.32 Å². The van der Waals surface area contributed by atoms with Crippen molar-refractivity contribution in [3.05, 3.63) is 83.3 Å². The van der Waals surface area contributed by atoms with E-state index in [0.717, 1.165) is 35.2 Å². The summed E-state index contributed by atoms with van der Waals surface area (Å²) >= 11 is 0. The second-order valence-electron chi connectivity index (χ2n) is 7.10. The number of hydrogen-bond donors (Lipinski definition) is 1. The lowest BCUT2D eigenvalue weighted by Crippen LogP contribution is -2.35. The summed E-state index contributed by atoms with van der Waals surface area (Å²) in [7, 11) is 0. The van der Waals surface area contributed by atoms with Crippen molar-refractivity contribution in [2.24, 2.45) is 0 Å². The molecule has 2 amide bonds. The van der Waals surface area contributed by atoms with Crippen LogP contribution in [0.1, 0.15) is 33.7 Å². The van der Waals surface area contributed by atoms with Gasteiger partial charge in [0.15, 0.2) is 5.76 Å². The first-order valence-electron chi connectivity index (χ1n) is 9.44. The van der Waals surface area contributed by atoms with Crippen LogP contribution in [0.15, 0.2) is 65.3 Å². The molecule has 1 aliphatic heterocycles. The number of aryl methyl sites for hydroxylation is 2. The second kappa shape index (κ2) is 7.72. The van der Waals surface area contributed by atoms with Crippen molar-refractivity contribution >= 4 is 23.2 Å². The summed E-state index contributed by atoms with van der Waals surface area (Å²) in [4.78, 5) is 27.0. The van der Waals surface area contributed by atoms with Gasteiger partial charge in [0.25, 0.3) is 5.91 Å². The van der Waals surface area contributed by atoms with Gasteiger partial charge in [-0.25, -0.2) is 0 Å². The molecule has 4 rings (SSSR count). The smallest absolute Gasteiger partial charge is 0.293 e. The molecule has 5 heteroatoms. The molecule has 0 fully saturated rings. The van der Waals surface area contributed by atoms with Crippen molar-refractivity contribution < 1.29 is 14.0 Å². The Morgan fingerprint density at radius 3 is 2.79 bits per heavy atom. The van der Waals surface area contributed by atoms with Gasteiger partial charge in [-0.2, -0.15) is 0 Å². The van der Waals surface area contributed by atoms with E-state index in [1.165, 1.54) is 6.26 Å². The highest BCUT2D eigenvalue weighted by Crippen LogP contribution is 2.31. The van der Waals surface area contributed by atoms with Crippen molar-refractivity contribution in [2.45, 2.75) is 26.2 Å². The van der Waals surface area contributed by atoms with Crippen molar-refractivity contribution in [3.8, 4) is 0 Å². The molecule has 0 radical (unpaired) electrons. The molecule has 28 heavy (non-hydrogen) atoms. The average molecular weight is 374 g/mol. The maximum absolute atomic E-state index is 12.8. The number of furan rings is 1. The summed E-state index contributed by atoms with van der Waals surface area (Å²) in [6, 6.07) is 17.1. The quantitative estimate of drug-likeness (QED) is 0.738. The number of carbonyl (C=O) groups excluding carboxylic acids is 2. The average Bonchev–Trinajstić information content (AvgIpc) is 3.21. The van der Waals surface area contributed by atoms with Crippen molar-refractivity contribution in [2.75, 3.05) is 16.8 Å².